The fraction of sp³-hybridized carbons (Fsp3) is 0.0811. The van der Waals surface area contributed by atoms with Crippen LogP contribution in [0.2, 0.25) is 0 Å². The summed E-state index contributed by atoms with van der Waals surface area (Å²) in [6.45, 7) is 6.39. The van der Waals surface area contributed by atoms with Gasteiger partial charge in [-0.1, -0.05) is 61.2 Å². The van der Waals surface area contributed by atoms with E-state index in [1.807, 2.05) is 18.2 Å². The summed E-state index contributed by atoms with van der Waals surface area (Å²) in [5, 5.41) is 7.61. The molecule has 0 saturated heterocycles. The van der Waals surface area contributed by atoms with Crippen molar-refractivity contribution in [3.8, 4) is 5.69 Å². The van der Waals surface area contributed by atoms with Gasteiger partial charge in [0.05, 0.1) is 27.8 Å². The first-order valence-electron chi connectivity index (χ1n) is 14.0. The van der Waals surface area contributed by atoms with Gasteiger partial charge in [-0.25, -0.2) is 0 Å². The minimum Gasteiger partial charge on any atom is -0.456 e. The Bertz CT molecular complexity index is 2460. The fourth-order valence-corrected chi connectivity index (χ4v) is 7.31. The van der Waals surface area contributed by atoms with E-state index < -0.39 is 0 Å². The van der Waals surface area contributed by atoms with E-state index in [1.165, 1.54) is 49.0 Å². The molecule has 190 valence electrons. The van der Waals surface area contributed by atoms with Crippen LogP contribution in [0.1, 0.15) is 30.2 Å². The van der Waals surface area contributed by atoms with Crippen molar-refractivity contribution in [1.82, 2.24) is 8.97 Å². The Hall–Kier alpha value is -5.02. The summed E-state index contributed by atoms with van der Waals surface area (Å²) in [6, 6.07) is 28.3. The number of nitrogens with zero attached hydrogens (tertiary/aromatic N) is 2. The second kappa shape index (κ2) is 7.77. The minimum absolute atomic E-state index is 0.898. The zero-order valence-corrected chi connectivity index (χ0v) is 22.2. The number of furan rings is 1. The van der Waals surface area contributed by atoms with Gasteiger partial charge < -0.3 is 13.4 Å². The molecule has 4 aromatic carbocycles. The lowest BCUT2D eigenvalue weighted by Crippen LogP contribution is -2.06. The van der Waals surface area contributed by atoms with Crippen molar-refractivity contribution < 1.29 is 4.42 Å². The van der Waals surface area contributed by atoms with Crippen LogP contribution in [-0.2, 0) is 6.42 Å². The smallest absolute Gasteiger partial charge is 0.137 e. The van der Waals surface area contributed by atoms with Gasteiger partial charge >= 0.3 is 0 Å². The molecule has 0 unspecified atom stereocenters. The van der Waals surface area contributed by atoms with E-state index in [0.717, 1.165) is 51.7 Å². The zero-order chi connectivity index (χ0) is 26.5. The maximum Gasteiger partial charge on any atom is 0.137 e. The van der Waals surface area contributed by atoms with Crippen molar-refractivity contribution in [1.29, 1.82) is 0 Å². The highest BCUT2D eigenvalue weighted by atomic mass is 16.3. The molecule has 1 aliphatic rings. The van der Waals surface area contributed by atoms with E-state index in [9.17, 15) is 0 Å². The second-order valence-corrected chi connectivity index (χ2v) is 10.8. The van der Waals surface area contributed by atoms with Crippen molar-refractivity contribution in [2.75, 3.05) is 0 Å². The topological polar surface area (TPSA) is 22.5 Å². The Kier molecular flexibility index (Phi) is 4.25. The summed E-state index contributed by atoms with van der Waals surface area (Å²) in [6.07, 6.45) is 10.9. The molecule has 4 heterocycles. The van der Waals surface area contributed by atoms with Crippen molar-refractivity contribution in [2.45, 2.75) is 19.8 Å². The van der Waals surface area contributed by atoms with Crippen molar-refractivity contribution in [2.24, 2.45) is 0 Å². The van der Waals surface area contributed by atoms with Crippen LogP contribution in [0.3, 0.4) is 0 Å². The Morgan fingerprint density at radius 3 is 2.48 bits per heavy atom. The third-order valence-electron chi connectivity index (χ3n) is 8.83. The first-order chi connectivity index (χ1) is 19.8. The molecule has 3 heteroatoms. The summed E-state index contributed by atoms with van der Waals surface area (Å²) < 4.78 is 11.2. The number of benzene rings is 4. The van der Waals surface area contributed by atoms with Gasteiger partial charge in [0.2, 0.25) is 0 Å². The van der Waals surface area contributed by atoms with E-state index in [2.05, 4.69) is 107 Å². The number of aromatic nitrogens is 2. The molecule has 0 radical (unpaired) electrons. The first kappa shape index (κ1) is 21.9. The molecular formula is C37H26N2O. The lowest BCUT2D eigenvalue weighted by atomic mass is 9.98. The molecule has 0 aliphatic heterocycles. The maximum atomic E-state index is 6.30. The molecule has 3 nitrogen and oxygen atoms in total. The number of allylic oxidation sites excluding steroid dienone is 1. The third-order valence-corrected chi connectivity index (χ3v) is 8.83. The van der Waals surface area contributed by atoms with Crippen LogP contribution < -0.4 is 5.22 Å². The van der Waals surface area contributed by atoms with E-state index in [0.29, 0.717) is 0 Å². The summed E-state index contributed by atoms with van der Waals surface area (Å²) in [5.41, 5.74) is 11.8. The molecule has 0 bridgehead atoms. The molecule has 9 rings (SSSR count). The summed E-state index contributed by atoms with van der Waals surface area (Å²) in [5.74, 6) is 0. The monoisotopic (exact) mass is 514 g/mol. The lowest BCUT2D eigenvalue weighted by Gasteiger charge is -2.09. The summed E-state index contributed by atoms with van der Waals surface area (Å²) in [4.78, 5) is 0. The minimum atomic E-state index is 0.898. The highest BCUT2D eigenvalue weighted by Gasteiger charge is 2.25. The molecular weight excluding hydrogens is 488 g/mol. The third kappa shape index (κ3) is 2.60. The molecule has 1 aliphatic carbocycles. The van der Waals surface area contributed by atoms with Gasteiger partial charge in [0.15, 0.2) is 0 Å². The van der Waals surface area contributed by atoms with Crippen LogP contribution in [0.15, 0.2) is 95.9 Å². The Morgan fingerprint density at radius 2 is 1.60 bits per heavy atom. The molecule has 0 N–H and O–H groups in total. The van der Waals surface area contributed by atoms with Crippen LogP contribution in [0, 0.1) is 0 Å². The van der Waals surface area contributed by atoms with Gasteiger partial charge in [0.1, 0.15) is 11.2 Å². The SMILES string of the molecule is C=Cc1c(/C=C\C)n(-c2ccc3c(c2)oc2ccccc23)c2ccc3c(c4c5c(c6ccccc6n53)CCC=4)c12. The van der Waals surface area contributed by atoms with E-state index >= 15 is 0 Å². The zero-order valence-electron chi connectivity index (χ0n) is 22.2. The number of rotatable bonds is 3. The van der Waals surface area contributed by atoms with Crippen LogP contribution in [0.25, 0.3) is 84.1 Å². The van der Waals surface area contributed by atoms with Crippen molar-refractivity contribution in [3.05, 3.63) is 114 Å². The average molecular weight is 515 g/mol. The van der Waals surface area contributed by atoms with Gasteiger partial charge in [-0.15, -0.1) is 0 Å². The molecule has 0 atom stereocenters. The predicted octanol–water partition coefficient (Wildman–Crippen LogP) is 9.21. The highest BCUT2D eigenvalue weighted by Crippen LogP contribution is 2.40. The number of para-hydroxylation sites is 2. The molecule has 0 spiro atoms. The highest BCUT2D eigenvalue weighted by molar-refractivity contribution is 6.17. The van der Waals surface area contributed by atoms with E-state index in [1.54, 1.807) is 0 Å². The first-order valence-corrected chi connectivity index (χ1v) is 14.0. The molecule has 0 amide bonds. The van der Waals surface area contributed by atoms with Gasteiger partial charge in [-0.2, -0.15) is 0 Å². The average Bonchev–Trinajstić information content (AvgIpc) is 3.71. The Labute approximate surface area is 230 Å². The second-order valence-electron chi connectivity index (χ2n) is 10.8. The molecule has 4 aromatic heterocycles. The van der Waals surface area contributed by atoms with Gasteiger partial charge in [-0.05, 0) is 67.8 Å². The summed E-state index contributed by atoms with van der Waals surface area (Å²) >= 11 is 0. The molecule has 0 fully saturated rings. The lowest BCUT2D eigenvalue weighted by molar-refractivity contribution is 0.668. The van der Waals surface area contributed by atoms with E-state index in [-0.39, 0.29) is 0 Å². The normalized spacial score (nSPS) is 13.6. The van der Waals surface area contributed by atoms with Crippen molar-refractivity contribution in [3.63, 3.8) is 0 Å². The molecule has 0 saturated carbocycles. The number of aryl methyl sites for hydroxylation is 1. The number of hydrogen-bond donors (Lipinski definition) is 0. The van der Waals surface area contributed by atoms with Crippen LogP contribution >= 0.6 is 0 Å². The largest absolute Gasteiger partial charge is 0.456 e. The predicted molar refractivity (Wildman–Crippen MR) is 169 cm³/mol. The van der Waals surface area contributed by atoms with Crippen LogP contribution in [0.4, 0.5) is 0 Å². The number of fused-ring (bicyclic) bond motifs is 11. The quantitative estimate of drug-likeness (QED) is 0.230. The Morgan fingerprint density at radius 1 is 0.800 bits per heavy atom. The summed E-state index contributed by atoms with van der Waals surface area (Å²) in [7, 11) is 0. The van der Waals surface area contributed by atoms with Crippen LogP contribution in [0.5, 0.6) is 0 Å². The van der Waals surface area contributed by atoms with Gasteiger partial charge in [0.25, 0.3) is 0 Å². The van der Waals surface area contributed by atoms with Gasteiger partial charge in [0, 0.05) is 49.5 Å². The van der Waals surface area contributed by atoms with Gasteiger partial charge in [-0.3, -0.25) is 0 Å². The maximum absolute atomic E-state index is 6.30. The molecule has 40 heavy (non-hydrogen) atoms. The molecule has 8 aromatic rings. The van der Waals surface area contributed by atoms with Crippen molar-refractivity contribution >= 4 is 78.4 Å². The van der Waals surface area contributed by atoms with Crippen LogP contribution in [-0.4, -0.2) is 8.97 Å². The number of hydrogen-bond acceptors (Lipinski definition) is 1. The Balaban J connectivity index is 1.45. The van der Waals surface area contributed by atoms with E-state index in [4.69, 9.17) is 4.42 Å². The standard InChI is InChI=1S/C37H26N2O/c1-3-10-29-23(4-2)35-31(38(29)22-17-18-26-25-12-6-8-16-33(25)40-34(26)21-22)19-20-32-36(35)28-14-9-13-27-24-11-5-7-15-30(24)39(32)37(27)28/h3-8,10-12,14-21H,2,9,13H2,1H3/b10-3-. The fourth-order valence-electron chi connectivity index (χ4n) is 7.31.